The summed E-state index contributed by atoms with van der Waals surface area (Å²) in [6.07, 6.45) is 2.80. The molecule has 0 saturated carbocycles. The van der Waals surface area contributed by atoms with Gasteiger partial charge in [-0.05, 0) is 36.9 Å². The van der Waals surface area contributed by atoms with Gasteiger partial charge in [0.05, 0.1) is 12.8 Å². The number of likely N-dealkylation sites (N-methyl/N-ethyl adjacent to an activating group) is 1. The lowest BCUT2D eigenvalue weighted by Gasteiger charge is -2.18. The molecule has 1 atom stereocenters. The number of nitrogens with one attached hydrogen (secondary N) is 1. The van der Waals surface area contributed by atoms with Crippen molar-refractivity contribution in [3.63, 3.8) is 0 Å². The van der Waals surface area contributed by atoms with Gasteiger partial charge in [0.2, 0.25) is 0 Å². The summed E-state index contributed by atoms with van der Waals surface area (Å²) in [6, 6.07) is 8.24. The zero-order chi connectivity index (χ0) is 13.8. The third-order valence-corrected chi connectivity index (χ3v) is 3.83. The number of halogens is 1. The molecule has 0 aliphatic rings. The van der Waals surface area contributed by atoms with E-state index in [0.29, 0.717) is 0 Å². The number of nitrogens with zero attached hydrogens (tertiary/aromatic N) is 2. The lowest BCUT2D eigenvalue weighted by Crippen LogP contribution is -2.19. The van der Waals surface area contributed by atoms with Crippen LogP contribution >= 0.6 is 15.9 Å². The highest BCUT2D eigenvalue weighted by molar-refractivity contribution is 9.10. The zero-order valence-corrected chi connectivity index (χ0v) is 12.9. The normalized spacial score (nSPS) is 12.4. The first-order valence-corrected chi connectivity index (χ1v) is 6.92. The van der Waals surface area contributed by atoms with E-state index in [2.05, 4.69) is 26.3 Å². The number of hydrogen-bond acceptors (Lipinski definition) is 3. The minimum absolute atomic E-state index is 0.194. The van der Waals surface area contributed by atoms with Gasteiger partial charge in [-0.2, -0.15) is 5.10 Å². The molecule has 0 amide bonds. The second-order valence-electron chi connectivity index (χ2n) is 4.41. The fraction of sp³-hybridized carbons (Fsp3) is 0.357. The lowest BCUT2D eigenvalue weighted by atomic mass is 10.0. The molecule has 0 aliphatic heterocycles. The van der Waals surface area contributed by atoms with Crippen molar-refractivity contribution in [1.29, 1.82) is 0 Å². The predicted octanol–water partition coefficient (Wildman–Crippen LogP) is 2.69. The van der Waals surface area contributed by atoms with Gasteiger partial charge >= 0.3 is 0 Å². The molecule has 1 aromatic carbocycles. The molecule has 102 valence electrons. The Hall–Kier alpha value is -1.33. The first-order chi connectivity index (χ1) is 9.13. The summed E-state index contributed by atoms with van der Waals surface area (Å²) in [5, 5.41) is 7.76. The van der Waals surface area contributed by atoms with E-state index in [1.165, 1.54) is 5.56 Å². The van der Waals surface area contributed by atoms with Crippen molar-refractivity contribution < 1.29 is 4.74 Å². The third-order valence-electron chi connectivity index (χ3n) is 3.11. The molecule has 19 heavy (non-hydrogen) atoms. The quantitative estimate of drug-likeness (QED) is 0.919. The van der Waals surface area contributed by atoms with E-state index in [9.17, 15) is 0 Å². The summed E-state index contributed by atoms with van der Waals surface area (Å²) in [6.45, 7) is 0. The number of aromatic nitrogens is 2. The van der Waals surface area contributed by atoms with Crippen LogP contribution in [0, 0.1) is 0 Å². The van der Waals surface area contributed by atoms with E-state index in [4.69, 9.17) is 4.74 Å². The van der Waals surface area contributed by atoms with Crippen LogP contribution in [0.4, 0.5) is 0 Å². The molecule has 2 rings (SSSR count). The maximum atomic E-state index is 5.29. The Bertz CT molecular complexity index is 553. The van der Waals surface area contributed by atoms with Crippen LogP contribution in [0.2, 0.25) is 0 Å². The number of ether oxygens (including phenoxy) is 1. The van der Waals surface area contributed by atoms with Gasteiger partial charge in [0.15, 0.2) is 0 Å². The van der Waals surface area contributed by atoms with E-state index < -0.39 is 0 Å². The molecule has 0 spiro atoms. The molecule has 1 aromatic heterocycles. The number of benzene rings is 1. The van der Waals surface area contributed by atoms with Crippen LogP contribution in [0.1, 0.15) is 17.3 Å². The first kappa shape index (κ1) is 14.1. The van der Waals surface area contributed by atoms with Gasteiger partial charge in [0.25, 0.3) is 0 Å². The van der Waals surface area contributed by atoms with E-state index in [-0.39, 0.29) is 6.04 Å². The maximum Gasteiger partial charge on any atom is 0.119 e. The topological polar surface area (TPSA) is 39.1 Å². The highest BCUT2D eigenvalue weighted by atomic mass is 79.9. The summed E-state index contributed by atoms with van der Waals surface area (Å²) in [5.74, 6) is 0.861. The Morgan fingerprint density at radius 2 is 2.21 bits per heavy atom. The molecular formula is C14H18BrN3O. The molecule has 4 nitrogen and oxygen atoms in total. The Balaban J connectivity index is 2.26. The van der Waals surface area contributed by atoms with Crippen molar-refractivity contribution in [3.8, 4) is 5.75 Å². The zero-order valence-electron chi connectivity index (χ0n) is 11.4. The van der Waals surface area contributed by atoms with Crippen LogP contribution < -0.4 is 10.1 Å². The van der Waals surface area contributed by atoms with Gasteiger partial charge in [-0.15, -0.1) is 0 Å². The third kappa shape index (κ3) is 3.36. The highest BCUT2D eigenvalue weighted by Crippen LogP contribution is 2.29. The number of aryl methyl sites for hydroxylation is 1. The van der Waals surface area contributed by atoms with Crippen molar-refractivity contribution >= 4 is 15.9 Å². The van der Waals surface area contributed by atoms with Crippen LogP contribution in [0.3, 0.4) is 0 Å². The minimum Gasteiger partial charge on any atom is -0.497 e. The van der Waals surface area contributed by atoms with Crippen molar-refractivity contribution in [2.24, 2.45) is 7.05 Å². The molecule has 1 heterocycles. The van der Waals surface area contributed by atoms with Gasteiger partial charge in [-0.3, -0.25) is 4.68 Å². The van der Waals surface area contributed by atoms with Crippen molar-refractivity contribution in [3.05, 3.63) is 46.2 Å². The molecule has 5 heteroatoms. The summed E-state index contributed by atoms with van der Waals surface area (Å²) in [7, 11) is 5.57. The molecular weight excluding hydrogens is 306 g/mol. The Morgan fingerprint density at radius 1 is 1.42 bits per heavy atom. The largest absolute Gasteiger partial charge is 0.497 e. The molecule has 0 aliphatic carbocycles. The fourth-order valence-corrected chi connectivity index (χ4v) is 2.59. The standard InChI is InChI=1S/C14H18BrN3O/c1-16-14(8-10-6-7-18(2)17-10)12-9-11(19-3)4-5-13(12)15/h4-7,9,14,16H,8H2,1-3H3. The summed E-state index contributed by atoms with van der Waals surface area (Å²) >= 11 is 3.60. The number of hydrogen-bond donors (Lipinski definition) is 1. The fourth-order valence-electron chi connectivity index (χ4n) is 2.06. The second kappa shape index (κ2) is 6.21. The lowest BCUT2D eigenvalue weighted by molar-refractivity contribution is 0.413. The van der Waals surface area contributed by atoms with Crippen molar-refractivity contribution in [2.75, 3.05) is 14.2 Å². The highest BCUT2D eigenvalue weighted by Gasteiger charge is 2.15. The van der Waals surface area contributed by atoms with E-state index in [1.807, 2.05) is 49.2 Å². The van der Waals surface area contributed by atoms with Gasteiger partial charge in [0.1, 0.15) is 5.75 Å². The Labute approximate surface area is 121 Å². The smallest absolute Gasteiger partial charge is 0.119 e. The number of rotatable bonds is 5. The molecule has 0 bridgehead atoms. The van der Waals surface area contributed by atoms with Crippen LogP contribution in [-0.4, -0.2) is 23.9 Å². The maximum absolute atomic E-state index is 5.29. The Kier molecular flexibility index (Phi) is 4.61. The van der Waals surface area contributed by atoms with Crippen molar-refractivity contribution in [2.45, 2.75) is 12.5 Å². The second-order valence-corrected chi connectivity index (χ2v) is 5.27. The van der Waals surface area contributed by atoms with Crippen LogP contribution in [0.25, 0.3) is 0 Å². The van der Waals surface area contributed by atoms with Crippen LogP contribution in [0.15, 0.2) is 34.9 Å². The number of methoxy groups -OCH3 is 1. The summed E-state index contributed by atoms with van der Waals surface area (Å²) in [5.41, 5.74) is 2.24. The van der Waals surface area contributed by atoms with Gasteiger partial charge < -0.3 is 10.1 Å². The average molecular weight is 324 g/mol. The molecule has 1 N–H and O–H groups in total. The van der Waals surface area contributed by atoms with Crippen molar-refractivity contribution in [1.82, 2.24) is 15.1 Å². The van der Waals surface area contributed by atoms with E-state index in [0.717, 1.165) is 22.3 Å². The average Bonchev–Trinajstić information content (AvgIpc) is 2.82. The molecule has 1 unspecified atom stereocenters. The summed E-state index contributed by atoms with van der Waals surface area (Å²) in [4.78, 5) is 0. The van der Waals surface area contributed by atoms with E-state index in [1.54, 1.807) is 7.11 Å². The van der Waals surface area contributed by atoms with E-state index >= 15 is 0 Å². The molecule has 0 saturated heterocycles. The first-order valence-electron chi connectivity index (χ1n) is 6.13. The molecule has 0 fully saturated rings. The minimum atomic E-state index is 0.194. The van der Waals surface area contributed by atoms with Gasteiger partial charge in [-0.25, -0.2) is 0 Å². The van der Waals surface area contributed by atoms with Gasteiger partial charge in [0, 0.05) is 30.2 Å². The SMILES string of the molecule is CNC(Cc1ccn(C)n1)c1cc(OC)ccc1Br. The predicted molar refractivity (Wildman–Crippen MR) is 79.4 cm³/mol. The molecule has 2 aromatic rings. The van der Waals surface area contributed by atoms with Crippen LogP contribution in [-0.2, 0) is 13.5 Å². The monoisotopic (exact) mass is 323 g/mol. The Morgan fingerprint density at radius 3 is 2.79 bits per heavy atom. The molecule has 0 radical (unpaired) electrons. The summed E-state index contributed by atoms with van der Waals surface area (Å²) < 4.78 is 8.19. The van der Waals surface area contributed by atoms with Gasteiger partial charge in [-0.1, -0.05) is 15.9 Å². The van der Waals surface area contributed by atoms with Crippen LogP contribution in [0.5, 0.6) is 5.75 Å².